The third-order valence-corrected chi connectivity index (χ3v) is 2.96. The highest BCUT2D eigenvalue weighted by Crippen LogP contribution is 2.22. The zero-order chi connectivity index (χ0) is 12.4. The van der Waals surface area contributed by atoms with Crippen molar-refractivity contribution >= 4 is 0 Å². The maximum atomic E-state index is 4.42. The summed E-state index contributed by atoms with van der Waals surface area (Å²) in [4.78, 5) is 0. The van der Waals surface area contributed by atoms with Crippen molar-refractivity contribution in [2.45, 2.75) is 6.92 Å². The molecule has 2 nitrogen and oxygen atoms in total. The van der Waals surface area contributed by atoms with Crippen LogP contribution >= 0.6 is 0 Å². The van der Waals surface area contributed by atoms with Crippen molar-refractivity contribution in [1.29, 1.82) is 0 Å². The summed E-state index contributed by atoms with van der Waals surface area (Å²) in [6, 6.07) is 20.7. The molecule has 0 fully saturated rings. The van der Waals surface area contributed by atoms with Crippen LogP contribution in [0.4, 0.5) is 0 Å². The number of benzene rings is 2. The molecule has 2 heteroatoms. The molecule has 0 bridgehead atoms. The molecule has 0 aliphatic heterocycles. The largest absolute Gasteiger partial charge is 0.233 e. The van der Waals surface area contributed by atoms with Crippen LogP contribution in [-0.2, 0) is 0 Å². The number of nitrogens with zero attached hydrogens (tertiary/aromatic N) is 2. The molecule has 88 valence electrons. The van der Waals surface area contributed by atoms with Gasteiger partial charge in [-0.2, -0.15) is 5.10 Å². The molecule has 2 aromatic carbocycles. The number of hydrogen-bond donors (Lipinski definition) is 0. The summed E-state index contributed by atoms with van der Waals surface area (Å²) in [7, 11) is 0. The first-order chi connectivity index (χ1) is 8.84. The van der Waals surface area contributed by atoms with Crippen LogP contribution in [0.25, 0.3) is 16.9 Å². The Bertz CT molecular complexity index is 654. The van der Waals surface area contributed by atoms with Crippen molar-refractivity contribution in [1.82, 2.24) is 9.78 Å². The molecule has 1 heterocycles. The highest BCUT2D eigenvalue weighted by molar-refractivity contribution is 5.61. The SMILES string of the molecule is Cc1cccc(-n2nccc2-c2ccccc2)c1. The quantitative estimate of drug-likeness (QED) is 0.658. The van der Waals surface area contributed by atoms with Crippen LogP contribution in [0, 0.1) is 6.92 Å². The molecule has 0 unspecified atom stereocenters. The Morgan fingerprint density at radius 3 is 2.50 bits per heavy atom. The van der Waals surface area contributed by atoms with Crippen LogP contribution in [0.15, 0.2) is 66.9 Å². The van der Waals surface area contributed by atoms with Crippen molar-refractivity contribution in [2.24, 2.45) is 0 Å². The van der Waals surface area contributed by atoms with E-state index < -0.39 is 0 Å². The van der Waals surface area contributed by atoms with Gasteiger partial charge in [0.1, 0.15) is 0 Å². The average Bonchev–Trinajstić information content (AvgIpc) is 2.89. The summed E-state index contributed by atoms with van der Waals surface area (Å²) in [6.07, 6.45) is 1.84. The topological polar surface area (TPSA) is 17.8 Å². The van der Waals surface area contributed by atoms with E-state index in [1.54, 1.807) is 0 Å². The van der Waals surface area contributed by atoms with Crippen LogP contribution in [0.3, 0.4) is 0 Å². The van der Waals surface area contributed by atoms with E-state index >= 15 is 0 Å². The van der Waals surface area contributed by atoms with E-state index in [0.717, 1.165) is 11.4 Å². The van der Waals surface area contributed by atoms with Crippen molar-refractivity contribution in [3.8, 4) is 16.9 Å². The molecular weight excluding hydrogens is 220 g/mol. The van der Waals surface area contributed by atoms with Crippen LogP contribution in [0.5, 0.6) is 0 Å². The molecule has 0 saturated carbocycles. The van der Waals surface area contributed by atoms with Gasteiger partial charge in [-0.05, 0) is 30.7 Å². The Morgan fingerprint density at radius 1 is 0.889 bits per heavy atom. The maximum absolute atomic E-state index is 4.42. The van der Waals surface area contributed by atoms with E-state index in [2.05, 4.69) is 48.4 Å². The fourth-order valence-corrected chi connectivity index (χ4v) is 2.10. The first-order valence-electron chi connectivity index (χ1n) is 6.01. The molecule has 0 N–H and O–H groups in total. The second-order valence-electron chi connectivity index (χ2n) is 4.33. The lowest BCUT2D eigenvalue weighted by Gasteiger charge is -2.08. The number of aryl methyl sites for hydroxylation is 1. The standard InChI is InChI=1S/C16H14N2/c1-13-6-5-9-15(12-13)18-16(10-11-17-18)14-7-3-2-4-8-14/h2-12H,1H3. The minimum atomic E-state index is 1.10. The van der Waals surface area contributed by atoms with E-state index in [-0.39, 0.29) is 0 Å². The van der Waals surface area contributed by atoms with Gasteiger partial charge >= 0.3 is 0 Å². The average molecular weight is 234 g/mol. The van der Waals surface area contributed by atoms with Crippen molar-refractivity contribution in [3.05, 3.63) is 72.4 Å². The Morgan fingerprint density at radius 2 is 1.72 bits per heavy atom. The third kappa shape index (κ3) is 1.93. The Kier molecular flexibility index (Phi) is 2.69. The first-order valence-corrected chi connectivity index (χ1v) is 6.01. The van der Waals surface area contributed by atoms with Gasteiger partial charge in [0, 0.05) is 5.56 Å². The van der Waals surface area contributed by atoms with Crippen LogP contribution in [-0.4, -0.2) is 9.78 Å². The van der Waals surface area contributed by atoms with Gasteiger partial charge in [-0.25, -0.2) is 4.68 Å². The number of hydrogen-bond acceptors (Lipinski definition) is 1. The van der Waals surface area contributed by atoms with Gasteiger partial charge in [0.25, 0.3) is 0 Å². The van der Waals surface area contributed by atoms with E-state index in [9.17, 15) is 0 Å². The predicted molar refractivity (Wildman–Crippen MR) is 73.7 cm³/mol. The lowest BCUT2D eigenvalue weighted by Crippen LogP contribution is -1.98. The molecule has 3 rings (SSSR count). The van der Waals surface area contributed by atoms with E-state index in [1.807, 2.05) is 35.1 Å². The van der Waals surface area contributed by atoms with Gasteiger partial charge in [0.2, 0.25) is 0 Å². The van der Waals surface area contributed by atoms with Gasteiger partial charge in [-0.3, -0.25) is 0 Å². The van der Waals surface area contributed by atoms with Crippen molar-refractivity contribution in [3.63, 3.8) is 0 Å². The summed E-state index contributed by atoms with van der Waals surface area (Å²) in [5.74, 6) is 0. The van der Waals surface area contributed by atoms with Crippen molar-refractivity contribution in [2.75, 3.05) is 0 Å². The highest BCUT2D eigenvalue weighted by atomic mass is 15.3. The molecule has 0 atom stereocenters. The highest BCUT2D eigenvalue weighted by Gasteiger charge is 2.06. The zero-order valence-corrected chi connectivity index (χ0v) is 10.2. The minimum absolute atomic E-state index is 1.10. The minimum Gasteiger partial charge on any atom is -0.233 e. The summed E-state index contributed by atoms with van der Waals surface area (Å²) in [6.45, 7) is 2.09. The molecule has 0 aliphatic carbocycles. The van der Waals surface area contributed by atoms with Gasteiger partial charge < -0.3 is 0 Å². The van der Waals surface area contributed by atoms with Gasteiger partial charge in [-0.1, -0.05) is 42.5 Å². The van der Waals surface area contributed by atoms with Crippen LogP contribution < -0.4 is 0 Å². The third-order valence-electron chi connectivity index (χ3n) is 2.96. The molecule has 3 aromatic rings. The Balaban J connectivity index is 2.13. The number of aromatic nitrogens is 2. The zero-order valence-electron chi connectivity index (χ0n) is 10.2. The van der Waals surface area contributed by atoms with Gasteiger partial charge in [-0.15, -0.1) is 0 Å². The molecule has 1 aromatic heterocycles. The van der Waals surface area contributed by atoms with E-state index in [1.165, 1.54) is 11.1 Å². The molecule has 0 aliphatic rings. The molecule has 0 radical (unpaired) electrons. The maximum Gasteiger partial charge on any atom is 0.0740 e. The van der Waals surface area contributed by atoms with E-state index in [0.29, 0.717) is 0 Å². The first kappa shape index (κ1) is 10.8. The fourth-order valence-electron chi connectivity index (χ4n) is 2.10. The van der Waals surface area contributed by atoms with Gasteiger partial charge in [0.15, 0.2) is 0 Å². The summed E-state index contributed by atoms with van der Waals surface area (Å²) < 4.78 is 1.97. The molecule has 0 amide bonds. The monoisotopic (exact) mass is 234 g/mol. The van der Waals surface area contributed by atoms with E-state index in [4.69, 9.17) is 0 Å². The van der Waals surface area contributed by atoms with Crippen LogP contribution in [0.1, 0.15) is 5.56 Å². The molecule has 0 spiro atoms. The summed E-state index contributed by atoms with van der Waals surface area (Å²) in [5, 5.41) is 4.42. The smallest absolute Gasteiger partial charge is 0.0740 e. The second-order valence-corrected chi connectivity index (χ2v) is 4.33. The van der Waals surface area contributed by atoms with Crippen LogP contribution in [0.2, 0.25) is 0 Å². The fraction of sp³-hybridized carbons (Fsp3) is 0.0625. The Labute approximate surface area is 107 Å². The summed E-state index contributed by atoms with van der Waals surface area (Å²) in [5.41, 5.74) is 4.62. The lowest BCUT2D eigenvalue weighted by atomic mass is 10.1. The molecule has 0 saturated heterocycles. The van der Waals surface area contributed by atoms with Crippen molar-refractivity contribution < 1.29 is 0 Å². The lowest BCUT2D eigenvalue weighted by molar-refractivity contribution is 0.886. The molecular formula is C16H14N2. The van der Waals surface area contributed by atoms with Gasteiger partial charge in [0.05, 0.1) is 17.6 Å². The normalized spacial score (nSPS) is 10.5. The molecule has 18 heavy (non-hydrogen) atoms. The second kappa shape index (κ2) is 4.49. The predicted octanol–water partition coefficient (Wildman–Crippen LogP) is 3.85. The summed E-state index contributed by atoms with van der Waals surface area (Å²) >= 11 is 0. The Hall–Kier alpha value is -2.35. The number of rotatable bonds is 2.